The second kappa shape index (κ2) is 5.29. The van der Waals surface area contributed by atoms with Crippen LogP contribution in [-0.2, 0) is 19.2 Å². The first-order chi connectivity index (χ1) is 9.53. The molecule has 20 heavy (non-hydrogen) atoms. The van der Waals surface area contributed by atoms with E-state index in [1.54, 1.807) is 0 Å². The molecular weight excluding hydrogens is 278 g/mol. The van der Waals surface area contributed by atoms with E-state index in [4.69, 9.17) is 14.1 Å². The van der Waals surface area contributed by atoms with Crippen molar-refractivity contribution in [1.82, 2.24) is 0 Å². The summed E-state index contributed by atoms with van der Waals surface area (Å²) in [7, 11) is -3.90. The Morgan fingerprint density at radius 2 is 2.15 bits per heavy atom. The van der Waals surface area contributed by atoms with E-state index in [0.29, 0.717) is 19.4 Å². The average Bonchev–Trinajstić information content (AvgIpc) is 2.61. The highest BCUT2D eigenvalue weighted by Gasteiger charge is 2.34. The molecule has 0 aromatic rings. The maximum absolute atomic E-state index is 11.0. The first-order valence-corrected chi connectivity index (χ1v) is 8.10. The summed E-state index contributed by atoms with van der Waals surface area (Å²) in [6.07, 6.45) is 11.6. The van der Waals surface area contributed by atoms with Crippen LogP contribution < -0.4 is 5.14 Å². The van der Waals surface area contributed by atoms with E-state index in [-0.39, 0.29) is 6.10 Å². The van der Waals surface area contributed by atoms with Crippen LogP contribution in [0.2, 0.25) is 0 Å². The van der Waals surface area contributed by atoms with Gasteiger partial charge in [0.05, 0.1) is 18.8 Å². The number of fused-ring (bicyclic) bond motifs is 2. The molecule has 108 valence electrons. The van der Waals surface area contributed by atoms with E-state index < -0.39 is 16.4 Å². The lowest BCUT2D eigenvalue weighted by molar-refractivity contribution is 0.0297. The zero-order chi connectivity index (χ0) is 14.2. The molecule has 0 aromatic heterocycles. The van der Waals surface area contributed by atoms with Crippen molar-refractivity contribution in [3.05, 3.63) is 47.1 Å². The van der Waals surface area contributed by atoms with E-state index in [0.717, 1.165) is 6.42 Å². The number of ether oxygens (including phenoxy) is 1. The third kappa shape index (κ3) is 2.93. The summed E-state index contributed by atoms with van der Waals surface area (Å²) in [5.41, 5.74) is 3.63. The Morgan fingerprint density at radius 1 is 1.30 bits per heavy atom. The SMILES string of the molecule is NS(=O)(=O)OC1CCC2=C3C=CC=CC=C3COC2C1. The molecule has 5 nitrogen and oxygen atoms in total. The Morgan fingerprint density at radius 3 is 2.95 bits per heavy atom. The van der Waals surface area contributed by atoms with Gasteiger partial charge in [-0.25, -0.2) is 5.14 Å². The predicted molar refractivity (Wildman–Crippen MR) is 75.0 cm³/mol. The molecule has 2 aliphatic carbocycles. The minimum Gasteiger partial charge on any atom is -0.369 e. The van der Waals surface area contributed by atoms with Crippen LogP contribution >= 0.6 is 0 Å². The smallest absolute Gasteiger partial charge is 0.333 e. The normalized spacial score (nSPS) is 29.6. The fraction of sp³-hybridized carbons (Fsp3) is 0.429. The molecule has 1 saturated carbocycles. The second-order valence-corrected chi connectivity index (χ2v) is 6.34. The molecule has 3 aliphatic rings. The molecule has 0 amide bonds. The van der Waals surface area contributed by atoms with Crippen LogP contribution in [-0.4, -0.2) is 27.2 Å². The lowest BCUT2D eigenvalue weighted by atomic mass is 9.83. The summed E-state index contributed by atoms with van der Waals surface area (Å²) in [4.78, 5) is 0. The van der Waals surface area contributed by atoms with Crippen LogP contribution in [0, 0.1) is 0 Å². The lowest BCUT2D eigenvalue weighted by Gasteiger charge is -2.36. The highest BCUT2D eigenvalue weighted by atomic mass is 32.2. The lowest BCUT2D eigenvalue weighted by Crippen LogP contribution is -2.36. The summed E-state index contributed by atoms with van der Waals surface area (Å²) in [5, 5.41) is 4.93. The van der Waals surface area contributed by atoms with Gasteiger partial charge in [-0.05, 0) is 29.6 Å². The van der Waals surface area contributed by atoms with Crippen molar-refractivity contribution in [3.8, 4) is 0 Å². The van der Waals surface area contributed by atoms with Gasteiger partial charge in [-0.15, -0.1) is 0 Å². The van der Waals surface area contributed by atoms with Crippen molar-refractivity contribution < 1.29 is 17.3 Å². The second-order valence-electron chi connectivity index (χ2n) is 5.16. The first-order valence-electron chi connectivity index (χ1n) is 6.63. The van der Waals surface area contributed by atoms with Crippen LogP contribution in [0.3, 0.4) is 0 Å². The number of nitrogens with two attached hydrogens (primary N) is 1. The van der Waals surface area contributed by atoms with Gasteiger partial charge >= 0.3 is 10.3 Å². The maximum Gasteiger partial charge on any atom is 0.333 e. The molecule has 0 bridgehead atoms. The Kier molecular flexibility index (Phi) is 3.64. The molecule has 3 rings (SSSR count). The van der Waals surface area contributed by atoms with Crippen LogP contribution in [0.1, 0.15) is 19.3 Å². The minimum absolute atomic E-state index is 0.0783. The Bertz CT molecular complexity index is 628. The molecule has 2 unspecified atom stereocenters. The summed E-state index contributed by atoms with van der Waals surface area (Å²) in [5.74, 6) is 0. The van der Waals surface area contributed by atoms with Crippen molar-refractivity contribution in [2.45, 2.75) is 31.5 Å². The fourth-order valence-electron chi connectivity index (χ4n) is 2.94. The summed E-state index contributed by atoms with van der Waals surface area (Å²) in [6, 6.07) is 0. The van der Waals surface area contributed by atoms with Gasteiger partial charge in [-0.2, -0.15) is 8.42 Å². The van der Waals surface area contributed by atoms with Crippen LogP contribution in [0.15, 0.2) is 47.1 Å². The molecule has 0 radical (unpaired) electrons. The van der Waals surface area contributed by atoms with Crippen molar-refractivity contribution >= 4 is 10.3 Å². The summed E-state index contributed by atoms with van der Waals surface area (Å²) in [6.45, 7) is 0.542. The zero-order valence-corrected chi connectivity index (χ0v) is 11.8. The van der Waals surface area contributed by atoms with Crippen LogP contribution in [0.4, 0.5) is 0 Å². The molecule has 0 spiro atoms. The highest BCUT2D eigenvalue weighted by molar-refractivity contribution is 7.84. The van der Waals surface area contributed by atoms with E-state index in [9.17, 15) is 8.42 Å². The zero-order valence-electron chi connectivity index (χ0n) is 11.0. The van der Waals surface area contributed by atoms with Crippen molar-refractivity contribution in [2.75, 3.05) is 6.61 Å². The van der Waals surface area contributed by atoms with Gasteiger partial charge in [-0.1, -0.05) is 30.4 Å². The minimum atomic E-state index is -3.90. The molecule has 0 aromatic carbocycles. The standard InChI is InChI=1S/C14H17NO4S/c15-20(16,17)19-11-6-7-13-12-5-3-1-2-4-10(12)9-18-14(13)8-11/h1-5,11,14H,6-9H2,(H2,15,16,17). The molecule has 2 N–H and O–H groups in total. The molecule has 1 fully saturated rings. The Labute approximate surface area is 118 Å². The van der Waals surface area contributed by atoms with Crippen molar-refractivity contribution in [1.29, 1.82) is 0 Å². The fourth-order valence-corrected chi connectivity index (χ4v) is 3.50. The third-order valence-electron chi connectivity index (χ3n) is 3.79. The van der Waals surface area contributed by atoms with Crippen molar-refractivity contribution in [2.24, 2.45) is 5.14 Å². The van der Waals surface area contributed by atoms with Crippen LogP contribution in [0.5, 0.6) is 0 Å². The Balaban J connectivity index is 1.83. The number of hydrogen-bond donors (Lipinski definition) is 1. The van der Waals surface area contributed by atoms with Crippen molar-refractivity contribution in [3.63, 3.8) is 0 Å². The first kappa shape index (κ1) is 13.8. The van der Waals surface area contributed by atoms with Gasteiger partial charge in [0.25, 0.3) is 0 Å². The summed E-state index contributed by atoms with van der Waals surface area (Å²) < 4.78 is 32.7. The molecule has 6 heteroatoms. The third-order valence-corrected chi connectivity index (χ3v) is 4.33. The Hall–Kier alpha value is -1.21. The highest BCUT2D eigenvalue weighted by Crippen LogP contribution is 2.37. The number of hydrogen-bond acceptors (Lipinski definition) is 4. The molecule has 1 heterocycles. The monoisotopic (exact) mass is 295 g/mol. The van der Waals surface area contributed by atoms with Crippen LogP contribution in [0.25, 0.3) is 0 Å². The van der Waals surface area contributed by atoms with E-state index in [1.807, 2.05) is 18.2 Å². The van der Waals surface area contributed by atoms with Gasteiger partial charge in [0.15, 0.2) is 0 Å². The van der Waals surface area contributed by atoms with E-state index >= 15 is 0 Å². The predicted octanol–water partition coefficient (Wildman–Crippen LogP) is 1.51. The molecule has 0 saturated heterocycles. The largest absolute Gasteiger partial charge is 0.369 e. The summed E-state index contributed by atoms with van der Waals surface area (Å²) >= 11 is 0. The van der Waals surface area contributed by atoms with E-state index in [1.165, 1.54) is 16.7 Å². The molecular formula is C14H17NO4S. The van der Waals surface area contributed by atoms with Gasteiger partial charge < -0.3 is 4.74 Å². The number of allylic oxidation sites excluding steroid dienone is 5. The number of rotatable bonds is 2. The average molecular weight is 295 g/mol. The van der Waals surface area contributed by atoms with E-state index in [2.05, 4.69) is 12.2 Å². The molecule has 1 aliphatic heterocycles. The van der Waals surface area contributed by atoms with Gasteiger partial charge in [0.2, 0.25) is 0 Å². The quantitative estimate of drug-likeness (QED) is 0.837. The van der Waals surface area contributed by atoms with Gasteiger partial charge in [0.1, 0.15) is 0 Å². The topological polar surface area (TPSA) is 78.6 Å². The maximum atomic E-state index is 11.0. The van der Waals surface area contributed by atoms with Gasteiger partial charge in [-0.3, -0.25) is 4.18 Å². The molecule has 2 atom stereocenters. The van der Waals surface area contributed by atoms with Gasteiger partial charge in [0, 0.05) is 6.42 Å².